The van der Waals surface area contributed by atoms with E-state index in [4.69, 9.17) is 9.47 Å². The van der Waals surface area contributed by atoms with Crippen LogP contribution in [0.1, 0.15) is 11.1 Å². The van der Waals surface area contributed by atoms with E-state index in [1.807, 2.05) is 24.3 Å². The van der Waals surface area contributed by atoms with Crippen LogP contribution >= 0.6 is 0 Å². The number of para-hydroxylation sites is 1. The van der Waals surface area contributed by atoms with Crippen molar-refractivity contribution in [3.05, 3.63) is 53.6 Å². The van der Waals surface area contributed by atoms with Crippen LogP contribution in [0.4, 0.5) is 0 Å². The fraction of sp³-hybridized carbons (Fsp3) is 0.400. The fourth-order valence-electron chi connectivity index (χ4n) is 3.38. The number of benzene rings is 2. The molecule has 0 amide bonds. The molecule has 146 valence electrons. The Morgan fingerprint density at radius 3 is 2.30 bits per heavy atom. The Bertz CT molecular complexity index is 891. The topological polar surface area (TPSA) is 59.1 Å². The van der Waals surface area contributed by atoms with Crippen molar-refractivity contribution in [2.75, 3.05) is 40.4 Å². The second kappa shape index (κ2) is 8.29. The van der Waals surface area contributed by atoms with Gasteiger partial charge in [0.05, 0.1) is 19.1 Å². The lowest BCUT2D eigenvalue weighted by Crippen LogP contribution is -2.48. The van der Waals surface area contributed by atoms with E-state index in [1.165, 1.54) is 0 Å². The molecular formula is C20H26N2O4S. The van der Waals surface area contributed by atoms with Crippen molar-refractivity contribution >= 4 is 10.0 Å². The van der Waals surface area contributed by atoms with Crippen molar-refractivity contribution in [2.45, 2.75) is 18.4 Å². The van der Waals surface area contributed by atoms with Gasteiger partial charge < -0.3 is 9.47 Å². The molecule has 1 heterocycles. The molecule has 1 aliphatic heterocycles. The van der Waals surface area contributed by atoms with E-state index in [2.05, 4.69) is 4.90 Å². The first-order chi connectivity index (χ1) is 13.0. The summed E-state index contributed by atoms with van der Waals surface area (Å²) in [5, 5.41) is 0. The van der Waals surface area contributed by atoms with Crippen molar-refractivity contribution < 1.29 is 17.9 Å². The highest BCUT2D eigenvalue weighted by Crippen LogP contribution is 2.26. The second-order valence-electron chi connectivity index (χ2n) is 6.62. The third-order valence-corrected chi connectivity index (χ3v) is 6.98. The van der Waals surface area contributed by atoms with Gasteiger partial charge in [-0.3, -0.25) is 4.90 Å². The van der Waals surface area contributed by atoms with Gasteiger partial charge in [-0.05, 0) is 36.8 Å². The Morgan fingerprint density at radius 2 is 1.67 bits per heavy atom. The quantitative estimate of drug-likeness (QED) is 0.759. The number of sulfonamides is 1. The minimum atomic E-state index is -3.50. The van der Waals surface area contributed by atoms with Gasteiger partial charge in [0, 0.05) is 38.3 Å². The molecule has 1 saturated heterocycles. The molecule has 0 aromatic heterocycles. The highest BCUT2D eigenvalue weighted by atomic mass is 32.2. The zero-order chi connectivity index (χ0) is 19.4. The van der Waals surface area contributed by atoms with E-state index in [0.29, 0.717) is 42.4 Å². The van der Waals surface area contributed by atoms with Gasteiger partial charge in [0.1, 0.15) is 11.5 Å². The third-order valence-electron chi connectivity index (χ3n) is 4.92. The maximum atomic E-state index is 13.0. The third kappa shape index (κ3) is 4.26. The van der Waals surface area contributed by atoms with E-state index in [9.17, 15) is 8.42 Å². The number of ether oxygens (including phenoxy) is 2. The molecular weight excluding hydrogens is 364 g/mol. The largest absolute Gasteiger partial charge is 0.497 e. The normalized spacial score (nSPS) is 16.3. The Hall–Kier alpha value is -2.09. The number of rotatable bonds is 6. The summed E-state index contributed by atoms with van der Waals surface area (Å²) >= 11 is 0. The first-order valence-electron chi connectivity index (χ1n) is 8.94. The van der Waals surface area contributed by atoms with E-state index in [0.717, 1.165) is 17.9 Å². The molecule has 7 heteroatoms. The highest BCUT2D eigenvalue weighted by molar-refractivity contribution is 7.89. The average molecular weight is 391 g/mol. The summed E-state index contributed by atoms with van der Waals surface area (Å²) in [5.74, 6) is 1.52. The summed E-state index contributed by atoms with van der Waals surface area (Å²) in [6, 6.07) is 13.0. The zero-order valence-corrected chi connectivity index (χ0v) is 16.8. The minimum Gasteiger partial charge on any atom is -0.497 e. The first-order valence-corrected chi connectivity index (χ1v) is 10.4. The predicted molar refractivity (Wildman–Crippen MR) is 105 cm³/mol. The molecule has 6 nitrogen and oxygen atoms in total. The number of piperazine rings is 1. The summed E-state index contributed by atoms with van der Waals surface area (Å²) in [6.45, 7) is 4.87. The molecule has 3 rings (SSSR count). The molecule has 2 aromatic carbocycles. The number of methoxy groups -OCH3 is 2. The fourth-order valence-corrected chi connectivity index (χ4v) is 5.01. The minimum absolute atomic E-state index is 0.349. The van der Waals surface area contributed by atoms with Gasteiger partial charge in [-0.1, -0.05) is 18.2 Å². The summed E-state index contributed by atoms with van der Waals surface area (Å²) in [4.78, 5) is 2.60. The van der Waals surface area contributed by atoms with Gasteiger partial charge >= 0.3 is 0 Å². The molecule has 0 saturated carbocycles. The van der Waals surface area contributed by atoms with Crippen LogP contribution in [-0.4, -0.2) is 58.0 Å². The summed E-state index contributed by atoms with van der Waals surface area (Å²) < 4.78 is 38.2. The Labute approximate surface area is 161 Å². The van der Waals surface area contributed by atoms with Crippen LogP contribution in [0.2, 0.25) is 0 Å². The van der Waals surface area contributed by atoms with Gasteiger partial charge in [-0.15, -0.1) is 0 Å². The smallest absolute Gasteiger partial charge is 0.243 e. The lowest BCUT2D eigenvalue weighted by atomic mass is 10.2. The molecule has 0 atom stereocenters. The number of hydrogen-bond donors (Lipinski definition) is 0. The monoisotopic (exact) mass is 390 g/mol. The summed E-state index contributed by atoms with van der Waals surface area (Å²) in [5.41, 5.74) is 1.81. The Balaban J connectivity index is 1.68. The van der Waals surface area contributed by atoms with Crippen LogP contribution in [0, 0.1) is 6.92 Å². The zero-order valence-electron chi connectivity index (χ0n) is 16.0. The number of nitrogens with zero attached hydrogens (tertiary/aromatic N) is 2. The van der Waals surface area contributed by atoms with Gasteiger partial charge in [0.25, 0.3) is 0 Å². The van der Waals surface area contributed by atoms with E-state index >= 15 is 0 Å². The van der Waals surface area contributed by atoms with E-state index in [-0.39, 0.29) is 0 Å². The van der Waals surface area contributed by atoms with Crippen LogP contribution in [0.15, 0.2) is 47.4 Å². The molecule has 0 aliphatic carbocycles. The van der Waals surface area contributed by atoms with Gasteiger partial charge in [0.2, 0.25) is 10.0 Å². The van der Waals surface area contributed by atoms with Gasteiger partial charge in [0.15, 0.2) is 0 Å². The van der Waals surface area contributed by atoms with Crippen LogP contribution in [-0.2, 0) is 16.6 Å². The standard InChI is InChI=1S/C20H26N2O4S/c1-16-14-18(25-2)8-9-20(16)27(23,24)22-12-10-21(11-13-22)15-17-6-4-5-7-19(17)26-3/h4-9,14H,10-13,15H2,1-3H3. The van der Waals surface area contributed by atoms with Gasteiger partial charge in [-0.2, -0.15) is 4.31 Å². The molecule has 27 heavy (non-hydrogen) atoms. The lowest BCUT2D eigenvalue weighted by molar-refractivity contribution is 0.180. The Morgan fingerprint density at radius 1 is 0.963 bits per heavy atom. The first kappa shape index (κ1) is 19.7. The molecule has 0 unspecified atom stereocenters. The Kier molecular flexibility index (Phi) is 6.04. The van der Waals surface area contributed by atoms with Crippen molar-refractivity contribution in [3.8, 4) is 11.5 Å². The van der Waals surface area contributed by atoms with Crippen LogP contribution < -0.4 is 9.47 Å². The van der Waals surface area contributed by atoms with E-state index in [1.54, 1.807) is 43.6 Å². The molecule has 2 aromatic rings. The van der Waals surface area contributed by atoms with Crippen molar-refractivity contribution in [1.29, 1.82) is 0 Å². The maximum absolute atomic E-state index is 13.0. The van der Waals surface area contributed by atoms with Gasteiger partial charge in [-0.25, -0.2) is 8.42 Å². The molecule has 0 radical (unpaired) electrons. The summed E-state index contributed by atoms with van der Waals surface area (Å²) in [7, 11) is -0.260. The van der Waals surface area contributed by atoms with Crippen molar-refractivity contribution in [2.24, 2.45) is 0 Å². The second-order valence-corrected chi connectivity index (χ2v) is 8.53. The highest BCUT2D eigenvalue weighted by Gasteiger charge is 2.29. The molecule has 0 spiro atoms. The van der Waals surface area contributed by atoms with Crippen molar-refractivity contribution in [1.82, 2.24) is 9.21 Å². The van der Waals surface area contributed by atoms with Crippen LogP contribution in [0.5, 0.6) is 11.5 Å². The molecule has 1 aliphatic rings. The lowest BCUT2D eigenvalue weighted by Gasteiger charge is -2.34. The van der Waals surface area contributed by atoms with Crippen molar-refractivity contribution in [3.63, 3.8) is 0 Å². The predicted octanol–water partition coefficient (Wildman–Crippen LogP) is 2.52. The van der Waals surface area contributed by atoms with Crippen LogP contribution in [0.25, 0.3) is 0 Å². The molecule has 0 bridgehead atoms. The van der Waals surface area contributed by atoms with Crippen LogP contribution in [0.3, 0.4) is 0 Å². The molecule has 1 fully saturated rings. The number of hydrogen-bond acceptors (Lipinski definition) is 5. The van der Waals surface area contributed by atoms with E-state index < -0.39 is 10.0 Å². The SMILES string of the molecule is COc1ccc(S(=O)(=O)N2CCN(Cc3ccccc3OC)CC2)c(C)c1. The maximum Gasteiger partial charge on any atom is 0.243 e. The number of aryl methyl sites for hydroxylation is 1. The molecule has 0 N–H and O–H groups in total. The average Bonchev–Trinajstić information content (AvgIpc) is 2.68. The summed E-state index contributed by atoms with van der Waals surface area (Å²) in [6.07, 6.45) is 0.